The highest BCUT2D eigenvalue weighted by Gasteiger charge is 2.23. The van der Waals surface area contributed by atoms with Gasteiger partial charge in [-0.25, -0.2) is 4.98 Å². The Labute approximate surface area is 188 Å². The van der Waals surface area contributed by atoms with E-state index in [1.165, 1.54) is 7.11 Å². The van der Waals surface area contributed by atoms with E-state index in [1.807, 2.05) is 48.1 Å². The minimum Gasteiger partial charge on any atom is -0.493 e. The molecular weight excluding hydrogens is 414 g/mol. The highest BCUT2D eigenvalue weighted by Crippen LogP contribution is 2.37. The van der Waals surface area contributed by atoms with Crippen LogP contribution < -0.4 is 14.8 Å². The third-order valence-corrected chi connectivity index (χ3v) is 5.24. The number of hydrogen-bond acceptors (Lipinski definition) is 4. The molecule has 1 amide bonds. The van der Waals surface area contributed by atoms with Gasteiger partial charge in [-0.3, -0.25) is 4.79 Å². The van der Waals surface area contributed by atoms with Gasteiger partial charge in [0.25, 0.3) is 5.91 Å². The second-order valence-electron chi connectivity index (χ2n) is 7.73. The molecule has 0 aliphatic rings. The van der Waals surface area contributed by atoms with E-state index in [1.54, 1.807) is 18.3 Å². The minimum absolute atomic E-state index is 0.286. The number of nitrogens with one attached hydrogen (secondary N) is 1. The van der Waals surface area contributed by atoms with Crippen LogP contribution in [-0.2, 0) is 7.05 Å². The quantitative estimate of drug-likeness (QED) is 0.506. The number of nitrogens with zero attached hydrogens (tertiary/aromatic N) is 2. The second-order valence-corrected chi connectivity index (χ2v) is 8.14. The summed E-state index contributed by atoms with van der Waals surface area (Å²) in [6.45, 7) is 4.77. The number of ether oxygens (including phenoxy) is 2. The molecule has 1 heterocycles. The van der Waals surface area contributed by atoms with Crippen LogP contribution in [0.2, 0.25) is 5.02 Å². The molecule has 164 valence electrons. The van der Waals surface area contributed by atoms with Crippen molar-refractivity contribution in [2.24, 2.45) is 13.0 Å². The third-order valence-electron chi connectivity index (χ3n) is 4.96. The molecule has 0 aliphatic carbocycles. The zero-order valence-corrected chi connectivity index (χ0v) is 19.0. The number of imidazole rings is 1. The monoisotopic (exact) mass is 441 g/mol. The topological polar surface area (TPSA) is 65.4 Å². The van der Waals surface area contributed by atoms with Crippen LogP contribution in [0.1, 0.15) is 48.1 Å². The van der Waals surface area contributed by atoms with E-state index < -0.39 is 6.04 Å². The summed E-state index contributed by atoms with van der Waals surface area (Å²) in [4.78, 5) is 17.6. The minimum atomic E-state index is -0.416. The lowest BCUT2D eigenvalue weighted by atomic mass is 10.1. The number of carbonyl (C=O) groups is 1. The van der Waals surface area contributed by atoms with Gasteiger partial charge in [-0.1, -0.05) is 55.8 Å². The van der Waals surface area contributed by atoms with E-state index in [4.69, 9.17) is 21.1 Å². The van der Waals surface area contributed by atoms with E-state index in [0.717, 1.165) is 17.8 Å². The Morgan fingerprint density at radius 1 is 1.23 bits per heavy atom. The number of hydrogen-bond donors (Lipinski definition) is 1. The van der Waals surface area contributed by atoms with Crippen LogP contribution in [0.4, 0.5) is 0 Å². The van der Waals surface area contributed by atoms with Crippen molar-refractivity contribution in [2.75, 3.05) is 13.7 Å². The predicted molar refractivity (Wildman–Crippen MR) is 122 cm³/mol. The standard InChI is InChI=1S/C24H28ClN3O3/c1-16(2)10-13-31-22-19(25)14-18(15-20(22)30-4)24(29)27-21(17-8-6-5-7-9-17)23-26-11-12-28(23)3/h5-9,11-12,14-16,21H,10,13H2,1-4H3,(H,27,29). The summed E-state index contributed by atoms with van der Waals surface area (Å²) in [5.41, 5.74) is 1.31. The molecule has 1 aromatic heterocycles. The van der Waals surface area contributed by atoms with Crippen molar-refractivity contribution in [3.63, 3.8) is 0 Å². The van der Waals surface area contributed by atoms with Crippen molar-refractivity contribution in [3.05, 3.63) is 76.8 Å². The molecule has 1 atom stereocenters. The number of methoxy groups -OCH3 is 1. The highest BCUT2D eigenvalue weighted by molar-refractivity contribution is 6.32. The Hall–Kier alpha value is -2.99. The summed E-state index contributed by atoms with van der Waals surface area (Å²) in [7, 11) is 3.43. The van der Waals surface area contributed by atoms with Crippen LogP contribution in [-0.4, -0.2) is 29.2 Å². The van der Waals surface area contributed by atoms with Gasteiger partial charge in [0.15, 0.2) is 11.5 Å². The van der Waals surface area contributed by atoms with Gasteiger partial charge in [0.05, 0.1) is 18.7 Å². The normalized spacial score (nSPS) is 11.9. The lowest BCUT2D eigenvalue weighted by Crippen LogP contribution is -2.31. The van der Waals surface area contributed by atoms with Crippen LogP contribution in [0.15, 0.2) is 54.9 Å². The summed E-state index contributed by atoms with van der Waals surface area (Å²) in [6.07, 6.45) is 4.45. The molecule has 0 aliphatic heterocycles. The largest absolute Gasteiger partial charge is 0.493 e. The second kappa shape index (κ2) is 10.4. The van der Waals surface area contributed by atoms with Gasteiger partial charge in [0.1, 0.15) is 11.9 Å². The average Bonchev–Trinajstić information content (AvgIpc) is 3.18. The fourth-order valence-corrected chi connectivity index (χ4v) is 3.47. The predicted octanol–water partition coefficient (Wildman–Crippen LogP) is 5.03. The molecule has 0 spiro atoms. The molecule has 2 aromatic carbocycles. The van der Waals surface area contributed by atoms with Crippen molar-refractivity contribution in [2.45, 2.75) is 26.3 Å². The van der Waals surface area contributed by atoms with Crippen LogP contribution in [0.3, 0.4) is 0 Å². The van der Waals surface area contributed by atoms with E-state index in [-0.39, 0.29) is 5.91 Å². The van der Waals surface area contributed by atoms with Crippen molar-refractivity contribution in [1.82, 2.24) is 14.9 Å². The Morgan fingerprint density at radius 3 is 2.58 bits per heavy atom. The van der Waals surface area contributed by atoms with Gasteiger partial charge in [0, 0.05) is 25.0 Å². The molecular formula is C24H28ClN3O3. The number of aromatic nitrogens is 2. The van der Waals surface area contributed by atoms with Gasteiger partial charge in [-0.05, 0) is 30.0 Å². The molecule has 1 N–H and O–H groups in total. The number of rotatable bonds is 9. The maximum absolute atomic E-state index is 13.2. The maximum Gasteiger partial charge on any atom is 0.252 e. The molecule has 0 radical (unpaired) electrons. The smallest absolute Gasteiger partial charge is 0.252 e. The lowest BCUT2D eigenvalue weighted by Gasteiger charge is -2.20. The molecule has 0 bridgehead atoms. The maximum atomic E-state index is 13.2. The summed E-state index contributed by atoms with van der Waals surface area (Å²) >= 11 is 6.45. The summed E-state index contributed by atoms with van der Waals surface area (Å²) < 4.78 is 13.2. The number of amides is 1. The Kier molecular flexibility index (Phi) is 7.58. The number of halogens is 1. The van der Waals surface area contributed by atoms with Gasteiger partial charge >= 0.3 is 0 Å². The molecule has 0 saturated carbocycles. The number of benzene rings is 2. The fraction of sp³-hybridized carbons (Fsp3) is 0.333. The van der Waals surface area contributed by atoms with Crippen LogP contribution in [0.25, 0.3) is 0 Å². The van der Waals surface area contributed by atoms with Gasteiger partial charge in [-0.2, -0.15) is 0 Å². The van der Waals surface area contributed by atoms with Crippen LogP contribution in [0.5, 0.6) is 11.5 Å². The molecule has 0 fully saturated rings. The van der Waals surface area contributed by atoms with E-state index in [9.17, 15) is 4.79 Å². The zero-order valence-electron chi connectivity index (χ0n) is 18.3. The zero-order chi connectivity index (χ0) is 22.4. The molecule has 1 unspecified atom stereocenters. The summed E-state index contributed by atoms with van der Waals surface area (Å²) in [5.74, 6) is 1.83. The Bertz CT molecular complexity index is 1020. The molecule has 6 nitrogen and oxygen atoms in total. The third kappa shape index (κ3) is 5.58. The molecule has 31 heavy (non-hydrogen) atoms. The Morgan fingerprint density at radius 2 is 1.97 bits per heavy atom. The number of carbonyl (C=O) groups excluding carboxylic acids is 1. The van der Waals surface area contributed by atoms with E-state index in [2.05, 4.69) is 24.1 Å². The Balaban J connectivity index is 1.87. The van der Waals surface area contributed by atoms with Crippen LogP contribution >= 0.6 is 11.6 Å². The first kappa shape index (κ1) is 22.7. The fourth-order valence-electron chi connectivity index (χ4n) is 3.20. The van der Waals surface area contributed by atoms with Gasteiger partial charge < -0.3 is 19.4 Å². The summed E-state index contributed by atoms with van der Waals surface area (Å²) in [6, 6.07) is 12.5. The van der Waals surface area contributed by atoms with Crippen molar-refractivity contribution in [3.8, 4) is 11.5 Å². The molecule has 0 saturated heterocycles. The highest BCUT2D eigenvalue weighted by atomic mass is 35.5. The first-order valence-electron chi connectivity index (χ1n) is 10.2. The number of aryl methyl sites for hydroxylation is 1. The van der Waals surface area contributed by atoms with Crippen molar-refractivity contribution >= 4 is 17.5 Å². The lowest BCUT2D eigenvalue weighted by molar-refractivity contribution is 0.0940. The average molecular weight is 442 g/mol. The first-order chi connectivity index (χ1) is 14.9. The van der Waals surface area contributed by atoms with E-state index in [0.29, 0.717) is 34.6 Å². The van der Waals surface area contributed by atoms with Gasteiger partial charge in [0.2, 0.25) is 0 Å². The SMILES string of the molecule is COc1cc(C(=O)NC(c2ccccc2)c2nccn2C)cc(Cl)c1OCCC(C)C. The van der Waals surface area contributed by atoms with Crippen molar-refractivity contribution < 1.29 is 14.3 Å². The molecule has 3 rings (SSSR count). The van der Waals surface area contributed by atoms with Crippen LogP contribution in [0, 0.1) is 5.92 Å². The first-order valence-corrected chi connectivity index (χ1v) is 10.6. The van der Waals surface area contributed by atoms with Crippen molar-refractivity contribution in [1.29, 1.82) is 0 Å². The summed E-state index contributed by atoms with van der Waals surface area (Å²) in [5, 5.41) is 3.41. The molecule has 7 heteroatoms. The van der Waals surface area contributed by atoms with E-state index >= 15 is 0 Å². The molecule has 3 aromatic rings. The van der Waals surface area contributed by atoms with Gasteiger partial charge in [-0.15, -0.1) is 0 Å².